The fourth-order valence-corrected chi connectivity index (χ4v) is 2.27. The van der Waals surface area contributed by atoms with Gasteiger partial charge in [0.15, 0.2) is 0 Å². The summed E-state index contributed by atoms with van der Waals surface area (Å²) in [5.41, 5.74) is 9.32. The molecule has 2 aromatic rings. The molecule has 0 amide bonds. The van der Waals surface area contributed by atoms with Crippen LogP contribution in [0.15, 0.2) is 18.2 Å². The minimum atomic E-state index is -0.0922. The van der Waals surface area contributed by atoms with Crippen LogP contribution >= 0.6 is 0 Å². The van der Waals surface area contributed by atoms with Gasteiger partial charge in [-0.2, -0.15) is 0 Å². The van der Waals surface area contributed by atoms with E-state index in [2.05, 4.69) is 39.7 Å². The minimum Gasteiger partial charge on any atom is -0.341 e. The van der Waals surface area contributed by atoms with Gasteiger partial charge in [-0.25, -0.2) is 4.98 Å². The zero-order valence-electron chi connectivity index (χ0n) is 9.83. The maximum absolute atomic E-state index is 6.03. The first kappa shape index (κ1) is 10.7. The summed E-state index contributed by atoms with van der Waals surface area (Å²) in [6, 6.07) is 6.26. The van der Waals surface area contributed by atoms with Gasteiger partial charge in [-0.05, 0) is 24.6 Å². The number of benzene rings is 1. The molecule has 2 heterocycles. The minimum absolute atomic E-state index is 0.0523. The summed E-state index contributed by atoms with van der Waals surface area (Å²) in [4.78, 5) is 7.93. The van der Waals surface area contributed by atoms with E-state index >= 15 is 0 Å². The van der Waals surface area contributed by atoms with Gasteiger partial charge in [-0.1, -0.05) is 6.07 Å². The summed E-state index contributed by atoms with van der Waals surface area (Å²) in [5, 5.41) is 6.62. The van der Waals surface area contributed by atoms with E-state index in [9.17, 15) is 0 Å². The van der Waals surface area contributed by atoms with Crippen LogP contribution in [0.1, 0.15) is 17.4 Å². The van der Waals surface area contributed by atoms with Crippen LogP contribution in [0.3, 0.4) is 0 Å². The van der Waals surface area contributed by atoms with Crippen LogP contribution in [0.25, 0.3) is 11.0 Å². The number of H-pyrrole nitrogens is 1. The molecule has 3 rings (SSSR count). The molecular formula is C12H17N5. The number of rotatable bonds is 1. The Morgan fingerprint density at radius 1 is 1.29 bits per heavy atom. The topological polar surface area (TPSA) is 78.8 Å². The maximum atomic E-state index is 6.03. The Hall–Kier alpha value is -1.43. The Morgan fingerprint density at radius 2 is 2.12 bits per heavy atom. The van der Waals surface area contributed by atoms with Gasteiger partial charge in [-0.15, -0.1) is 0 Å². The molecule has 0 spiro atoms. The van der Waals surface area contributed by atoms with Gasteiger partial charge in [0.2, 0.25) is 0 Å². The molecule has 2 unspecified atom stereocenters. The molecule has 17 heavy (non-hydrogen) atoms. The number of aryl methyl sites for hydroxylation is 1. The van der Waals surface area contributed by atoms with Crippen LogP contribution in [0, 0.1) is 6.92 Å². The van der Waals surface area contributed by atoms with E-state index in [1.165, 1.54) is 5.56 Å². The molecule has 1 aliphatic heterocycles. The summed E-state index contributed by atoms with van der Waals surface area (Å²) < 4.78 is 0. The number of imidazole rings is 1. The second kappa shape index (κ2) is 4.10. The van der Waals surface area contributed by atoms with Crippen molar-refractivity contribution in [2.45, 2.75) is 19.1 Å². The lowest BCUT2D eigenvalue weighted by Crippen LogP contribution is -2.55. The molecule has 1 fully saturated rings. The number of piperazine rings is 1. The highest BCUT2D eigenvalue weighted by atomic mass is 15.2. The summed E-state index contributed by atoms with van der Waals surface area (Å²) in [6.07, 6.45) is -0.0922. The van der Waals surface area contributed by atoms with Crippen molar-refractivity contribution >= 4 is 11.0 Å². The summed E-state index contributed by atoms with van der Waals surface area (Å²) in [6.45, 7) is 3.89. The second-order valence-corrected chi connectivity index (χ2v) is 4.55. The van der Waals surface area contributed by atoms with E-state index in [4.69, 9.17) is 5.73 Å². The summed E-state index contributed by atoms with van der Waals surface area (Å²) in [5.74, 6) is 0.908. The number of nitrogens with one attached hydrogen (secondary N) is 3. The highest BCUT2D eigenvalue weighted by Crippen LogP contribution is 2.19. The number of hydrogen-bond donors (Lipinski definition) is 4. The van der Waals surface area contributed by atoms with Crippen molar-refractivity contribution in [2.75, 3.05) is 13.1 Å². The van der Waals surface area contributed by atoms with Crippen LogP contribution in [-0.4, -0.2) is 29.2 Å². The maximum Gasteiger partial charge on any atom is 0.127 e. The van der Waals surface area contributed by atoms with Gasteiger partial charge in [0.1, 0.15) is 5.82 Å². The highest BCUT2D eigenvalue weighted by Gasteiger charge is 2.25. The van der Waals surface area contributed by atoms with E-state index in [1.54, 1.807) is 0 Å². The number of nitrogens with zero attached hydrogens (tertiary/aromatic N) is 1. The lowest BCUT2D eigenvalue weighted by molar-refractivity contribution is 0.324. The highest BCUT2D eigenvalue weighted by molar-refractivity contribution is 5.75. The van der Waals surface area contributed by atoms with Gasteiger partial charge in [-0.3, -0.25) is 5.32 Å². The number of fused-ring (bicyclic) bond motifs is 1. The van der Waals surface area contributed by atoms with Crippen LogP contribution in [0.2, 0.25) is 0 Å². The number of aromatic nitrogens is 2. The van der Waals surface area contributed by atoms with Gasteiger partial charge < -0.3 is 16.0 Å². The average molecular weight is 231 g/mol. The predicted octanol–water partition coefficient (Wildman–Crippen LogP) is 0.390. The molecule has 5 N–H and O–H groups in total. The van der Waals surface area contributed by atoms with Crippen molar-refractivity contribution in [3.8, 4) is 0 Å². The lowest BCUT2D eigenvalue weighted by atomic mass is 10.2. The number of hydrogen-bond acceptors (Lipinski definition) is 4. The van der Waals surface area contributed by atoms with Crippen molar-refractivity contribution in [1.29, 1.82) is 0 Å². The van der Waals surface area contributed by atoms with Gasteiger partial charge in [0, 0.05) is 13.1 Å². The van der Waals surface area contributed by atoms with Crippen LogP contribution < -0.4 is 16.4 Å². The van der Waals surface area contributed by atoms with E-state index in [1.807, 2.05) is 6.07 Å². The largest absolute Gasteiger partial charge is 0.341 e. The van der Waals surface area contributed by atoms with Crippen LogP contribution in [0.5, 0.6) is 0 Å². The molecule has 1 saturated heterocycles. The third-order valence-corrected chi connectivity index (χ3v) is 3.18. The predicted molar refractivity (Wildman–Crippen MR) is 67.6 cm³/mol. The first-order valence-corrected chi connectivity index (χ1v) is 5.93. The van der Waals surface area contributed by atoms with E-state index in [0.29, 0.717) is 0 Å². The third kappa shape index (κ3) is 1.93. The zero-order valence-corrected chi connectivity index (χ0v) is 9.83. The Morgan fingerprint density at radius 3 is 2.94 bits per heavy atom. The fraction of sp³-hybridized carbons (Fsp3) is 0.417. The zero-order chi connectivity index (χ0) is 11.8. The van der Waals surface area contributed by atoms with Gasteiger partial charge >= 0.3 is 0 Å². The number of nitrogens with two attached hydrogens (primary N) is 1. The average Bonchev–Trinajstić information content (AvgIpc) is 2.72. The first-order chi connectivity index (χ1) is 8.24. The fourth-order valence-electron chi connectivity index (χ4n) is 2.27. The normalized spacial score (nSPS) is 25.3. The van der Waals surface area contributed by atoms with E-state index in [-0.39, 0.29) is 12.2 Å². The summed E-state index contributed by atoms with van der Waals surface area (Å²) in [7, 11) is 0. The van der Waals surface area contributed by atoms with Crippen LogP contribution in [0.4, 0.5) is 0 Å². The molecule has 1 aromatic heterocycles. The van der Waals surface area contributed by atoms with Crippen molar-refractivity contribution in [3.63, 3.8) is 0 Å². The smallest absolute Gasteiger partial charge is 0.127 e. The standard InChI is InChI=1S/C12H17N5/c1-7-2-3-8-9(6-7)17-12(16-8)10-11(13)15-5-4-14-10/h2-3,6,10-11,14-15H,4-5,13H2,1H3,(H,16,17). The van der Waals surface area contributed by atoms with E-state index in [0.717, 1.165) is 29.9 Å². The van der Waals surface area contributed by atoms with Crippen molar-refractivity contribution in [2.24, 2.45) is 5.73 Å². The Labute approximate surface area is 99.8 Å². The Kier molecular flexibility index (Phi) is 2.58. The molecule has 5 nitrogen and oxygen atoms in total. The molecule has 90 valence electrons. The van der Waals surface area contributed by atoms with Crippen molar-refractivity contribution in [1.82, 2.24) is 20.6 Å². The van der Waals surface area contributed by atoms with E-state index < -0.39 is 0 Å². The molecule has 0 bridgehead atoms. The van der Waals surface area contributed by atoms with Gasteiger partial charge in [0.05, 0.1) is 23.2 Å². The monoisotopic (exact) mass is 231 g/mol. The Bertz CT molecular complexity index is 533. The number of aromatic amines is 1. The molecular weight excluding hydrogens is 214 g/mol. The van der Waals surface area contributed by atoms with Crippen molar-refractivity contribution < 1.29 is 0 Å². The second-order valence-electron chi connectivity index (χ2n) is 4.55. The van der Waals surface area contributed by atoms with Crippen molar-refractivity contribution in [3.05, 3.63) is 29.6 Å². The third-order valence-electron chi connectivity index (χ3n) is 3.18. The lowest BCUT2D eigenvalue weighted by Gasteiger charge is -2.29. The molecule has 2 atom stereocenters. The molecule has 1 aliphatic rings. The Balaban J connectivity index is 1.99. The summed E-state index contributed by atoms with van der Waals surface area (Å²) >= 11 is 0. The quantitative estimate of drug-likeness (QED) is 0.572. The SMILES string of the molecule is Cc1ccc2nc(C3NCCNC3N)[nH]c2c1. The molecule has 0 aliphatic carbocycles. The van der Waals surface area contributed by atoms with Gasteiger partial charge in [0.25, 0.3) is 0 Å². The molecule has 5 heteroatoms. The first-order valence-electron chi connectivity index (χ1n) is 5.93. The molecule has 1 aromatic carbocycles. The van der Waals surface area contributed by atoms with Crippen LogP contribution in [-0.2, 0) is 0 Å². The molecule has 0 radical (unpaired) electrons. The molecule has 0 saturated carbocycles.